The van der Waals surface area contributed by atoms with Gasteiger partial charge in [0.25, 0.3) is 0 Å². The molecule has 1 aromatic rings. The van der Waals surface area contributed by atoms with Crippen molar-refractivity contribution in [1.29, 1.82) is 0 Å². The molecule has 0 saturated heterocycles. The van der Waals surface area contributed by atoms with E-state index in [2.05, 4.69) is 37.4 Å². The molecule has 1 aliphatic rings. The van der Waals surface area contributed by atoms with Gasteiger partial charge >= 0.3 is 0 Å². The smallest absolute Gasteiger partial charge is 0.0408 e. The van der Waals surface area contributed by atoms with Crippen LogP contribution in [0.5, 0.6) is 0 Å². The number of likely N-dealkylation sites (N-methyl/N-ethyl adjacent to an activating group) is 1. The number of hydrogen-bond acceptors (Lipinski definition) is 1. The van der Waals surface area contributed by atoms with E-state index in [1.54, 1.807) is 0 Å². The molecule has 0 atom stereocenters. The molecule has 1 nitrogen and oxygen atoms in total. The highest BCUT2D eigenvalue weighted by Gasteiger charge is 2.44. The van der Waals surface area contributed by atoms with Crippen molar-refractivity contribution < 1.29 is 0 Å². The summed E-state index contributed by atoms with van der Waals surface area (Å²) < 4.78 is 0. The summed E-state index contributed by atoms with van der Waals surface area (Å²) >= 11 is 6.12. The quantitative estimate of drug-likeness (QED) is 0.834. The van der Waals surface area contributed by atoms with Gasteiger partial charge in [0.2, 0.25) is 0 Å². The summed E-state index contributed by atoms with van der Waals surface area (Å²) in [7, 11) is 0. The number of hydrogen-bond donors (Lipinski definition) is 1. The maximum Gasteiger partial charge on any atom is 0.0408 e. The monoisotopic (exact) mass is 251 g/mol. The topological polar surface area (TPSA) is 12.0 Å². The maximum absolute atomic E-state index is 6.12. The summed E-state index contributed by atoms with van der Waals surface area (Å²) in [6.07, 6.45) is 3.90. The van der Waals surface area contributed by atoms with E-state index in [4.69, 9.17) is 11.6 Å². The van der Waals surface area contributed by atoms with Gasteiger partial charge in [-0.2, -0.15) is 0 Å². The Morgan fingerprint density at radius 3 is 2.71 bits per heavy atom. The molecule has 2 rings (SSSR count). The van der Waals surface area contributed by atoms with Crippen molar-refractivity contribution >= 4 is 11.6 Å². The van der Waals surface area contributed by atoms with Crippen LogP contribution in [0.2, 0.25) is 5.02 Å². The molecular weight excluding hydrogens is 230 g/mol. The van der Waals surface area contributed by atoms with E-state index in [0.717, 1.165) is 24.0 Å². The number of halogens is 1. The molecule has 0 spiro atoms. The van der Waals surface area contributed by atoms with Crippen LogP contribution >= 0.6 is 11.6 Å². The zero-order chi connectivity index (χ0) is 12.3. The summed E-state index contributed by atoms with van der Waals surface area (Å²) in [4.78, 5) is 0. The van der Waals surface area contributed by atoms with Gasteiger partial charge in [-0.3, -0.25) is 0 Å². The van der Waals surface area contributed by atoms with Gasteiger partial charge < -0.3 is 5.32 Å². The number of nitrogens with one attached hydrogen (secondary N) is 1. The molecule has 1 saturated carbocycles. The Kier molecular flexibility index (Phi) is 4.11. The molecule has 17 heavy (non-hydrogen) atoms. The molecule has 0 heterocycles. The van der Waals surface area contributed by atoms with Crippen LogP contribution in [-0.2, 0) is 5.41 Å². The van der Waals surface area contributed by atoms with Gasteiger partial charge in [-0.05, 0) is 43.0 Å². The normalized spacial score (nSPS) is 27.8. The first kappa shape index (κ1) is 12.9. The molecule has 0 radical (unpaired) electrons. The lowest BCUT2D eigenvalue weighted by atomic mass is 9.58. The molecule has 94 valence electrons. The minimum Gasteiger partial charge on any atom is -0.316 e. The molecule has 2 heteroatoms. The molecule has 0 aromatic heterocycles. The fraction of sp³-hybridized carbons (Fsp3) is 0.600. The first-order valence-electron chi connectivity index (χ1n) is 6.67. The Hall–Kier alpha value is -0.530. The Labute approximate surface area is 110 Å². The summed E-state index contributed by atoms with van der Waals surface area (Å²) in [5, 5.41) is 4.37. The van der Waals surface area contributed by atoms with Gasteiger partial charge in [0.15, 0.2) is 0 Å². The van der Waals surface area contributed by atoms with Crippen molar-refractivity contribution in [2.75, 3.05) is 13.1 Å². The Morgan fingerprint density at radius 2 is 2.12 bits per heavy atom. The Balaban J connectivity index is 2.16. The van der Waals surface area contributed by atoms with Gasteiger partial charge in [-0.15, -0.1) is 0 Å². The lowest BCUT2D eigenvalue weighted by Crippen LogP contribution is -2.48. The van der Waals surface area contributed by atoms with E-state index < -0.39 is 0 Å². The summed E-state index contributed by atoms with van der Waals surface area (Å²) in [5.41, 5.74) is 1.75. The van der Waals surface area contributed by atoms with Crippen molar-refractivity contribution in [3.8, 4) is 0 Å². The van der Waals surface area contributed by atoms with Gasteiger partial charge in [0.1, 0.15) is 0 Å². The molecule has 0 amide bonds. The highest BCUT2D eigenvalue weighted by atomic mass is 35.5. The van der Waals surface area contributed by atoms with Crippen molar-refractivity contribution in [3.05, 3.63) is 34.9 Å². The minimum absolute atomic E-state index is 0.335. The molecule has 1 aliphatic carbocycles. The van der Waals surface area contributed by atoms with Crippen molar-refractivity contribution in [2.45, 2.75) is 38.5 Å². The molecule has 0 bridgehead atoms. The van der Waals surface area contributed by atoms with Crippen molar-refractivity contribution in [1.82, 2.24) is 5.32 Å². The molecule has 1 fully saturated rings. The van der Waals surface area contributed by atoms with Crippen LogP contribution in [0.1, 0.15) is 38.7 Å². The fourth-order valence-corrected chi connectivity index (χ4v) is 3.19. The van der Waals surface area contributed by atoms with Gasteiger partial charge in [0, 0.05) is 17.0 Å². The van der Waals surface area contributed by atoms with Crippen molar-refractivity contribution in [3.63, 3.8) is 0 Å². The van der Waals surface area contributed by atoms with E-state index in [0.29, 0.717) is 5.41 Å². The lowest BCUT2D eigenvalue weighted by molar-refractivity contribution is 0.134. The molecule has 1 N–H and O–H groups in total. The third-order valence-electron chi connectivity index (χ3n) is 4.09. The van der Waals surface area contributed by atoms with E-state index >= 15 is 0 Å². The second-order valence-electron chi connectivity index (χ2n) is 5.25. The summed E-state index contributed by atoms with van der Waals surface area (Å²) in [5.74, 6) is 0.896. The highest BCUT2D eigenvalue weighted by Crippen LogP contribution is 2.49. The first-order valence-corrected chi connectivity index (χ1v) is 7.05. The minimum atomic E-state index is 0.335. The number of rotatable bonds is 5. The van der Waals surface area contributed by atoms with Crippen LogP contribution in [0.3, 0.4) is 0 Å². The van der Waals surface area contributed by atoms with Gasteiger partial charge in [-0.25, -0.2) is 0 Å². The van der Waals surface area contributed by atoms with Crippen LogP contribution in [0.15, 0.2) is 24.3 Å². The van der Waals surface area contributed by atoms with Crippen LogP contribution < -0.4 is 5.32 Å². The average molecular weight is 252 g/mol. The molecule has 0 aliphatic heterocycles. The SMILES string of the molecule is CCNCC1(c2cccc(Cl)c2)CC(CC)C1. The maximum atomic E-state index is 6.12. The van der Waals surface area contributed by atoms with Crippen LogP contribution in [0.25, 0.3) is 0 Å². The zero-order valence-corrected chi connectivity index (χ0v) is 11.6. The van der Waals surface area contributed by atoms with Crippen LogP contribution in [0.4, 0.5) is 0 Å². The summed E-state index contributed by atoms with van der Waals surface area (Å²) in [6.45, 7) is 6.58. The molecule has 1 aromatic carbocycles. The second kappa shape index (κ2) is 5.41. The van der Waals surface area contributed by atoms with E-state index in [1.807, 2.05) is 6.07 Å². The predicted octanol–water partition coefficient (Wildman–Crippen LogP) is 4.01. The number of benzene rings is 1. The third kappa shape index (κ3) is 2.66. The predicted molar refractivity (Wildman–Crippen MR) is 74.7 cm³/mol. The fourth-order valence-electron chi connectivity index (χ4n) is 3.00. The van der Waals surface area contributed by atoms with E-state index in [9.17, 15) is 0 Å². The third-order valence-corrected chi connectivity index (χ3v) is 4.32. The van der Waals surface area contributed by atoms with Crippen molar-refractivity contribution in [2.24, 2.45) is 5.92 Å². The average Bonchev–Trinajstić information content (AvgIpc) is 2.28. The van der Waals surface area contributed by atoms with E-state index in [1.165, 1.54) is 24.8 Å². The Morgan fingerprint density at radius 1 is 1.35 bits per heavy atom. The molecule has 0 unspecified atom stereocenters. The second-order valence-corrected chi connectivity index (χ2v) is 5.69. The standard InChI is InChI=1S/C15H22ClN/c1-3-12-9-15(10-12,11-17-4-2)13-6-5-7-14(16)8-13/h5-8,12,17H,3-4,9-11H2,1-2H3. The zero-order valence-electron chi connectivity index (χ0n) is 10.8. The van der Waals surface area contributed by atoms with Crippen LogP contribution in [-0.4, -0.2) is 13.1 Å². The van der Waals surface area contributed by atoms with Crippen LogP contribution in [0, 0.1) is 5.92 Å². The Bertz CT molecular complexity index is 363. The summed E-state index contributed by atoms with van der Waals surface area (Å²) in [6, 6.07) is 8.41. The lowest BCUT2D eigenvalue weighted by Gasteiger charge is -2.48. The van der Waals surface area contributed by atoms with E-state index in [-0.39, 0.29) is 0 Å². The molecular formula is C15H22ClN. The first-order chi connectivity index (χ1) is 8.20. The van der Waals surface area contributed by atoms with Gasteiger partial charge in [0.05, 0.1) is 0 Å². The highest BCUT2D eigenvalue weighted by molar-refractivity contribution is 6.30. The van der Waals surface area contributed by atoms with Gasteiger partial charge in [-0.1, -0.05) is 44.0 Å². The largest absolute Gasteiger partial charge is 0.316 e.